The first kappa shape index (κ1) is 29.0. The van der Waals surface area contributed by atoms with Crippen LogP contribution < -0.4 is 20.7 Å². The molecule has 8 nitrogen and oxygen atoms in total. The van der Waals surface area contributed by atoms with Crippen molar-refractivity contribution < 1.29 is 19.1 Å². The first-order valence-electron chi connectivity index (χ1n) is 13.4. The number of carbonyl (C=O) groups excluding carboxylic acids is 3. The number of amides is 3. The van der Waals surface area contributed by atoms with E-state index in [9.17, 15) is 14.4 Å². The van der Waals surface area contributed by atoms with Crippen molar-refractivity contribution in [2.45, 2.75) is 58.9 Å². The Kier molecular flexibility index (Phi) is 10.8. The summed E-state index contributed by atoms with van der Waals surface area (Å²) in [5, 5.41) is 9.43. The summed E-state index contributed by atoms with van der Waals surface area (Å²) in [6.45, 7) is 9.61. The largest absolute Gasteiger partial charge is 0.489 e. The molecule has 2 aliphatic heterocycles. The topological polar surface area (TPSA) is 99.8 Å². The number of benzene rings is 1. The van der Waals surface area contributed by atoms with Gasteiger partial charge in [0.25, 0.3) is 5.91 Å². The molecule has 204 valence electrons. The number of halogens is 1. The summed E-state index contributed by atoms with van der Waals surface area (Å²) >= 11 is 6.15. The molecule has 3 rings (SSSR count). The number of piperidine rings is 1. The van der Waals surface area contributed by atoms with Crippen molar-refractivity contribution in [1.29, 1.82) is 0 Å². The lowest BCUT2D eigenvalue weighted by Gasteiger charge is -2.41. The summed E-state index contributed by atoms with van der Waals surface area (Å²) in [7, 11) is 0. The second kappa shape index (κ2) is 13.8. The number of fused-ring (bicyclic) bond motifs is 1. The SMILES string of the molecule is CCCNC(=O)CN1CCC2(C/C=C/COc3ccc(Cl)cc3C(=O)N[C@@H](CC(C)C)C(=O)NC2)CC1. The molecular weight excluding hydrogens is 492 g/mol. The molecule has 9 heteroatoms. The predicted molar refractivity (Wildman–Crippen MR) is 146 cm³/mol. The lowest BCUT2D eigenvalue weighted by molar-refractivity contribution is -0.124. The maximum atomic E-state index is 13.3. The van der Waals surface area contributed by atoms with E-state index in [0.717, 1.165) is 38.8 Å². The third-order valence-electron chi connectivity index (χ3n) is 7.06. The summed E-state index contributed by atoms with van der Waals surface area (Å²) in [5.74, 6) is 0.126. The number of nitrogens with zero attached hydrogens (tertiary/aromatic N) is 1. The lowest BCUT2D eigenvalue weighted by Crippen LogP contribution is -2.52. The number of likely N-dealkylation sites (tertiary alicyclic amines) is 1. The van der Waals surface area contributed by atoms with Gasteiger partial charge >= 0.3 is 0 Å². The van der Waals surface area contributed by atoms with Gasteiger partial charge in [0, 0.05) is 18.1 Å². The van der Waals surface area contributed by atoms with Gasteiger partial charge in [-0.05, 0) is 74.7 Å². The van der Waals surface area contributed by atoms with Crippen LogP contribution in [0.15, 0.2) is 30.4 Å². The number of nitrogens with one attached hydrogen (secondary N) is 3. The van der Waals surface area contributed by atoms with Crippen LogP contribution in [0, 0.1) is 11.3 Å². The van der Waals surface area contributed by atoms with Crippen LogP contribution in [-0.2, 0) is 9.59 Å². The highest BCUT2D eigenvalue weighted by molar-refractivity contribution is 6.31. The summed E-state index contributed by atoms with van der Waals surface area (Å²) < 4.78 is 5.91. The zero-order valence-electron chi connectivity index (χ0n) is 22.3. The standard InChI is InChI=1S/C28H41ClN4O4/c1-4-12-30-25(34)18-33-13-10-28(11-14-33)9-5-6-15-37-24-8-7-21(29)17-22(24)26(35)32-23(16-20(2)3)27(36)31-19-28/h5-8,17,20,23H,4,9-16,18-19H2,1-3H3,(H,30,34)(H,31,36)(H,32,35)/b6-5+/t23-/m0/s1. The molecule has 1 atom stereocenters. The fraction of sp³-hybridized carbons (Fsp3) is 0.607. The van der Waals surface area contributed by atoms with Crippen molar-refractivity contribution in [3.8, 4) is 5.75 Å². The highest BCUT2D eigenvalue weighted by Crippen LogP contribution is 2.35. The first-order chi connectivity index (χ1) is 17.7. The second-order valence-corrected chi connectivity index (χ2v) is 11.1. The molecule has 0 unspecified atom stereocenters. The van der Waals surface area contributed by atoms with Crippen LogP contribution in [-0.4, -0.2) is 68.0 Å². The monoisotopic (exact) mass is 532 g/mol. The number of hydrogen-bond donors (Lipinski definition) is 3. The quantitative estimate of drug-likeness (QED) is 0.487. The van der Waals surface area contributed by atoms with E-state index in [2.05, 4.69) is 26.9 Å². The van der Waals surface area contributed by atoms with Crippen molar-refractivity contribution in [2.75, 3.05) is 39.3 Å². The lowest BCUT2D eigenvalue weighted by atomic mass is 9.75. The molecule has 3 N–H and O–H groups in total. The number of allylic oxidation sites excluding steroid dienone is 1. The minimum Gasteiger partial charge on any atom is -0.489 e. The Balaban J connectivity index is 1.76. The van der Waals surface area contributed by atoms with E-state index in [1.54, 1.807) is 18.2 Å². The predicted octanol–water partition coefficient (Wildman–Crippen LogP) is 3.55. The Morgan fingerprint density at radius 2 is 2.00 bits per heavy atom. The molecule has 2 aliphatic rings. The minimum absolute atomic E-state index is 0.0583. The third-order valence-corrected chi connectivity index (χ3v) is 7.30. The van der Waals surface area contributed by atoms with Crippen LogP contribution in [0.4, 0.5) is 0 Å². The Morgan fingerprint density at radius 3 is 2.70 bits per heavy atom. The number of rotatable bonds is 6. The summed E-state index contributed by atoms with van der Waals surface area (Å²) in [5.41, 5.74) is 0.191. The van der Waals surface area contributed by atoms with Crippen LogP contribution in [0.1, 0.15) is 63.2 Å². The molecular formula is C28H41ClN4O4. The molecule has 3 amide bonds. The van der Waals surface area contributed by atoms with E-state index >= 15 is 0 Å². The molecule has 2 heterocycles. The summed E-state index contributed by atoms with van der Waals surface area (Å²) in [4.78, 5) is 40.8. The number of carbonyl (C=O) groups is 3. The van der Waals surface area contributed by atoms with Gasteiger partial charge in [-0.3, -0.25) is 19.3 Å². The van der Waals surface area contributed by atoms with Crippen molar-refractivity contribution in [3.63, 3.8) is 0 Å². The smallest absolute Gasteiger partial charge is 0.255 e. The van der Waals surface area contributed by atoms with E-state index in [-0.39, 0.29) is 29.1 Å². The average molecular weight is 533 g/mol. The Hall–Kier alpha value is -2.58. The van der Waals surface area contributed by atoms with E-state index < -0.39 is 6.04 Å². The number of ether oxygens (including phenoxy) is 1. The van der Waals surface area contributed by atoms with Crippen LogP contribution in [0.25, 0.3) is 0 Å². The normalized spacial score (nSPS) is 21.8. The molecule has 1 aromatic carbocycles. The fourth-order valence-electron chi connectivity index (χ4n) is 4.84. The fourth-order valence-corrected chi connectivity index (χ4v) is 5.02. The second-order valence-electron chi connectivity index (χ2n) is 10.6. The average Bonchev–Trinajstić information content (AvgIpc) is 2.86. The van der Waals surface area contributed by atoms with Gasteiger partial charge in [0.05, 0.1) is 12.1 Å². The third kappa shape index (κ3) is 8.75. The van der Waals surface area contributed by atoms with Crippen molar-refractivity contribution >= 4 is 29.3 Å². The van der Waals surface area contributed by atoms with Gasteiger partial charge in [-0.25, -0.2) is 0 Å². The highest BCUT2D eigenvalue weighted by Gasteiger charge is 2.35. The minimum atomic E-state index is -0.669. The van der Waals surface area contributed by atoms with Gasteiger partial charge < -0.3 is 20.7 Å². The van der Waals surface area contributed by atoms with Crippen molar-refractivity contribution in [3.05, 3.63) is 40.9 Å². The van der Waals surface area contributed by atoms with Crippen LogP contribution in [0.2, 0.25) is 5.02 Å². The van der Waals surface area contributed by atoms with Crippen molar-refractivity contribution in [1.82, 2.24) is 20.9 Å². The maximum Gasteiger partial charge on any atom is 0.255 e. The Morgan fingerprint density at radius 1 is 1.24 bits per heavy atom. The highest BCUT2D eigenvalue weighted by atomic mass is 35.5. The molecule has 0 radical (unpaired) electrons. The summed E-state index contributed by atoms with van der Waals surface area (Å²) in [6.07, 6.45) is 8.01. The summed E-state index contributed by atoms with van der Waals surface area (Å²) in [6, 6.07) is 4.27. The Labute approximate surface area is 225 Å². The van der Waals surface area contributed by atoms with E-state index in [1.165, 1.54) is 0 Å². The van der Waals surface area contributed by atoms with Gasteiger partial charge in [0.15, 0.2) is 0 Å². The first-order valence-corrected chi connectivity index (χ1v) is 13.7. The van der Waals surface area contributed by atoms with E-state index in [4.69, 9.17) is 16.3 Å². The van der Waals surface area contributed by atoms with Gasteiger partial charge in [0.2, 0.25) is 11.8 Å². The zero-order valence-corrected chi connectivity index (χ0v) is 23.0. The Bertz CT molecular complexity index is 973. The maximum absolute atomic E-state index is 13.3. The molecule has 1 aromatic rings. The van der Waals surface area contributed by atoms with Crippen LogP contribution in [0.3, 0.4) is 0 Å². The van der Waals surface area contributed by atoms with Crippen LogP contribution >= 0.6 is 11.6 Å². The van der Waals surface area contributed by atoms with E-state index in [0.29, 0.717) is 49.0 Å². The van der Waals surface area contributed by atoms with Gasteiger partial charge in [-0.1, -0.05) is 44.5 Å². The van der Waals surface area contributed by atoms with Gasteiger partial charge in [-0.2, -0.15) is 0 Å². The zero-order chi connectivity index (χ0) is 26.8. The molecule has 0 saturated carbocycles. The van der Waals surface area contributed by atoms with Crippen molar-refractivity contribution in [2.24, 2.45) is 11.3 Å². The van der Waals surface area contributed by atoms with Gasteiger partial charge in [0.1, 0.15) is 18.4 Å². The van der Waals surface area contributed by atoms with E-state index in [1.807, 2.05) is 26.8 Å². The molecule has 0 aromatic heterocycles. The molecule has 1 spiro atoms. The molecule has 0 aliphatic carbocycles. The van der Waals surface area contributed by atoms with Gasteiger partial charge in [-0.15, -0.1) is 0 Å². The molecule has 0 bridgehead atoms. The molecule has 37 heavy (non-hydrogen) atoms. The molecule has 1 fully saturated rings. The molecule has 1 saturated heterocycles. The van der Waals surface area contributed by atoms with Crippen LogP contribution in [0.5, 0.6) is 5.75 Å². The number of hydrogen-bond acceptors (Lipinski definition) is 5.